The quantitative estimate of drug-likeness (QED) is 0.909. The van der Waals surface area contributed by atoms with Gasteiger partial charge in [-0.25, -0.2) is 9.67 Å². The molecule has 0 aromatic carbocycles. The van der Waals surface area contributed by atoms with E-state index in [1.54, 1.807) is 10.7 Å². The molecule has 0 spiro atoms. The first-order valence-corrected chi connectivity index (χ1v) is 7.52. The standard InChI is InChI=1S/C13H17N5O.C2H6/c1-7(2)18-12-9(5-6-10(14)16-12)11(17-18)13(19)15-8-3-4-8;1-2/h5-8H,3-4H2,1-2H3,(H2,14,16)(H,15,19);1-2H3. The van der Waals surface area contributed by atoms with Crippen molar-refractivity contribution in [1.82, 2.24) is 20.1 Å². The maximum Gasteiger partial charge on any atom is 0.272 e. The van der Waals surface area contributed by atoms with Gasteiger partial charge in [0.25, 0.3) is 5.91 Å². The molecule has 0 unspecified atom stereocenters. The lowest BCUT2D eigenvalue weighted by Crippen LogP contribution is -2.26. The number of rotatable bonds is 3. The van der Waals surface area contributed by atoms with Gasteiger partial charge < -0.3 is 11.1 Å². The van der Waals surface area contributed by atoms with Crippen molar-refractivity contribution >= 4 is 22.8 Å². The smallest absolute Gasteiger partial charge is 0.272 e. The molecule has 0 atom stereocenters. The summed E-state index contributed by atoms with van der Waals surface area (Å²) >= 11 is 0. The molecule has 1 fully saturated rings. The number of nitrogen functional groups attached to an aromatic ring is 1. The third-order valence-corrected chi connectivity index (χ3v) is 3.19. The third kappa shape index (κ3) is 3.15. The fraction of sp³-hybridized carbons (Fsp3) is 0.533. The van der Waals surface area contributed by atoms with Crippen molar-refractivity contribution in [2.75, 3.05) is 5.73 Å². The number of hydrogen-bond acceptors (Lipinski definition) is 4. The molecule has 6 nitrogen and oxygen atoms in total. The van der Waals surface area contributed by atoms with Crippen molar-refractivity contribution in [2.24, 2.45) is 0 Å². The Kier molecular flexibility index (Phi) is 4.45. The molecule has 1 amide bonds. The highest BCUT2D eigenvalue weighted by Gasteiger charge is 2.27. The second-order valence-electron chi connectivity index (χ2n) is 5.24. The van der Waals surface area contributed by atoms with Gasteiger partial charge in [-0.2, -0.15) is 5.10 Å². The average Bonchev–Trinajstić information content (AvgIpc) is 3.18. The molecule has 3 rings (SSSR count). The summed E-state index contributed by atoms with van der Waals surface area (Å²) in [5.74, 6) is 0.307. The van der Waals surface area contributed by atoms with E-state index in [1.807, 2.05) is 33.8 Å². The van der Waals surface area contributed by atoms with Crippen LogP contribution in [0.1, 0.15) is 57.1 Å². The van der Waals surface area contributed by atoms with Crippen LogP contribution in [0.25, 0.3) is 11.0 Å². The van der Waals surface area contributed by atoms with Crippen molar-refractivity contribution < 1.29 is 4.79 Å². The van der Waals surface area contributed by atoms with Crippen LogP contribution in [0.4, 0.5) is 5.82 Å². The number of carbonyl (C=O) groups is 1. The fourth-order valence-electron chi connectivity index (χ4n) is 2.04. The number of fused-ring (bicyclic) bond motifs is 1. The van der Waals surface area contributed by atoms with Crippen LogP contribution in [-0.2, 0) is 0 Å². The van der Waals surface area contributed by atoms with Gasteiger partial charge in [0.2, 0.25) is 0 Å². The number of amides is 1. The van der Waals surface area contributed by atoms with Gasteiger partial charge in [-0.1, -0.05) is 13.8 Å². The monoisotopic (exact) mass is 289 g/mol. The van der Waals surface area contributed by atoms with Crippen LogP contribution in [0.15, 0.2) is 12.1 Å². The third-order valence-electron chi connectivity index (χ3n) is 3.19. The molecule has 0 bridgehead atoms. The molecule has 2 aromatic rings. The van der Waals surface area contributed by atoms with Gasteiger partial charge in [-0.3, -0.25) is 4.79 Å². The van der Waals surface area contributed by atoms with Crippen molar-refractivity contribution in [1.29, 1.82) is 0 Å². The Labute approximate surface area is 124 Å². The van der Waals surface area contributed by atoms with Crippen LogP contribution in [0, 0.1) is 0 Å². The molecule has 1 saturated carbocycles. The largest absolute Gasteiger partial charge is 0.384 e. The maximum atomic E-state index is 12.2. The highest BCUT2D eigenvalue weighted by atomic mass is 16.2. The van der Waals surface area contributed by atoms with Gasteiger partial charge in [0.1, 0.15) is 5.82 Å². The molecular weight excluding hydrogens is 266 g/mol. The molecule has 1 aliphatic rings. The van der Waals surface area contributed by atoms with E-state index in [0.29, 0.717) is 23.2 Å². The Morgan fingerprint density at radius 2 is 2.05 bits per heavy atom. The average molecular weight is 289 g/mol. The Balaban J connectivity index is 0.000000774. The predicted octanol–water partition coefficient (Wildman–Crippen LogP) is 2.51. The van der Waals surface area contributed by atoms with Crippen molar-refractivity contribution in [3.8, 4) is 0 Å². The van der Waals surface area contributed by atoms with Crippen molar-refractivity contribution in [3.63, 3.8) is 0 Å². The number of anilines is 1. The zero-order chi connectivity index (χ0) is 15.6. The van der Waals surface area contributed by atoms with Gasteiger partial charge in [-0.15, -0.1) is 0 Å². The van der Waals surface area contributed by atoms with Crippen molar-refractivity contribution in [3.05, 3.63) is 17.8 Å². The Morgan fingerprint density at radius 3 is 2.62 bits per heavy atom. The summed E-state index contributed by atoms with van der Waals surface area (Å²) in [6, 6.07) is 3.95. The zero-order valence-electron chi connectivity index (χ0n) is 13.1. The first-order chi connectivity index (χ1) is 10.1. The minimum atomic E-state index is -0.126. The van der Waals surface area contributed by atoms with E-state index in [2.05, 4.69) is 15.4 Å². The molecule has 114 valence electrons. The normalized spacial score (nSPS) is 14.0. The lowest BCUT2D eigenvalue weighted by atomic mass is 10.2. The Morgan fingerprint density at radius 1 is 1.38 bits per heavy atom. The molecule has 0 aliphatic heterocycles. The number of nitrogens with two attached hydrogens (primary N) is 1. The molecule has 6 heteroatoms. The SMILES string of the molecule is CC.CC(C)n1nc(C(=O)NC2CC2)c2ccc(N)nc21. The highest BCUT2D eigenvalue weighted by molar-refractivity contribution is 6.04. The van der Waals surface area contributed by atoms with Crippen molar-refractivity contribution in [2.45, 2.75) is 52.6 Å². The van der Waals surface area contributed by atoms with Crippen LogP contribution in [0.3, 0.4) is 0 Å². The molecule has 0 radical (unpaired) electrons. The molecule has 3 N–H and O–H groups in total. The second kappa shape index (κ2) is 6.11. The summed E-state index contributed by atoms with van der Waals surface area (Å²) in [5.41, 5.74) is 6.81. The fourth-order valence-corrected chi connectivity index (χ4v) is 2.04. The number of nitrogens with zero attached hydrogens (tertiary/aromatic N) is 3. The Bertz CT molecular complexity index is 643. The van der Waals surface area contributed by atoms with E-state index in [9.17, 15) is 4.79 Å². The summed E-state index contributed by atoms with van der Waals surface area (Å²) in [6.45, 7) is 8.00. The van der Waals surface area contributed by atoms with E-state index in [1.165, 1.54) is 0 Å². The summed E-state index contributed by atoms with van der Waals surface area (Å²) in [7, 11) is 0. The van der Waals surface area contributed by atoms with Crippen LogP contribution < -0.4 is 11.1 Å². The maximum absolute atomic E-state index is 12.2. The first-order valence-electron chi connectivity index (χ1n) is 7.52. The number of pyridine rings is 1. The van der Waals surface area contributed by atoms with Gasteiger partial charge in [0, 0.05) is 12.1 Å². The van der Waals surface area contributed by atoms with E-state index < -0.39 is 0 Å². The van der Waals surface area contributed by atoms with Crippen LogP contribution in [-0.4, -0.2) is 26.7 Å². The van der Waals surface area contributed by atoms with E-state index in [-0.39, 0.29) is 11.9 Å². The number of nitrogens with one attached hydrogen (secondary N) is 1. The first kappa shape index (κ1) is 15.3. The summed E-state index contributed by atoms with van der Waals surface area (Å²) < 4.78 is 1.74. The van der Waals surface area contributed by atoms with Gasteiger partial charge in [0.05, 0.1) is 5.39 Å². The van der Waals surface area contributed by atoms with Gasteiger partial charge in [0.15, 0.2) is 11.3 Å². The molecule has 21 heavy (non-hydrogen) atoms. The summed E-state index contributed by atoms with van der Waals surface area (Å²) in [4.78, 5) is 16.5. The van der Waals surface area contributed by atoms with E-state index in [4.69, 9.17) is 5.73 Å². The number of aromatic nitrogens is 3. The van der Waals surface area contributed by atoms with Gasteiger partial charge >= 0.3 is 0 Å². The van der Waals surface area contributed by atoms with Crippen LogP contribution >= 0.6 is 0 Å². The minimum Gasteiger partial charge on any atom is -0.384 e. The molecule has 2 aromatic heterocycles. The van der Waals surface area contributed by atoms with E-state index >= 15 is 0 Å². The Hall–Kier alpha value is -2.11. The van der Waals surface area contributed by atoms with Crippen LogP contribution in [0.5, 0.6) is 0 Å². The molecule has 1 aliphatic carbocycles. The lowest BCUT2D eigenvalue weighted by Gasteiger charge is -2.05. The zero-order valence-corrected chi connectivity index (χ0v) is 13.1. The lowest BCUT2D eigenvalue weighted by molar-refractivity contribution is 0.0946. The number of carbonyl (C=O) groups excluding carboxylic acids is 1. The minimum absolute atomic E-state index is 0.124. The number of hydrogen-bond donors (Lipinski definition) is 2. The van der Waals surface area contributed by atoms with Crippen LogP contribution in [0.2, 0.25) is 0 Å². The second-order valence-corrected chi connectivity index (χ2v) is 5.24. The predicted molar refractivity (Wildman–Crippen MR) is 84.2 cm³/mol. The molecular formula is C15H23N5O. The highest BCUT2D eigenvalue weighted by Crippen LogP contribution is 2.23. The van der Waals surface area contributed by atoms with E-state index in [0.717, 1.165) is 18.2 Å². The van der Waals surface area contributed by atoms with Gasteiger partial charge in [-0.05, 0) is 38.8 Å². The topological polar surface area (TPSA) is 85.8 Å². The molecule has 2 heterocycles. The molecule has 0 saturated heterocycles. The summed E-state index contributed by atoms with van der Waals surface area (Å²) in [6.07, 6.45) is 2.11. The summed E-state index contributed by atoms with van der Waals surface area (Å²) in [5, 5.41) is 8.10.